The summed E-state index contributed by atoms with van der Waals surface area (Å²) in [6.07, 6.45) is 5.88. The highest BCUT2D eigenvalue weighted by Crippen LogP contribution is 2.54. The molecule has 1 aromatic carbocycles. The number of sulfone groups is 1. The number of carbonyl (C=O) groups is 1. The van der Waals surface area contributed by atoms with Crippen molar-refractivity contribution < 1.29 is 21.6 Å². The molecule has 1 spiro atoms. The van der Waals surface area contributed by atoms with Crippen LogP contribution in [0.5, 0.6) is 0 Å². The van der Waals surface area contributed by atoms with E-state index < -0.39 is 30.6 Å². The Morgan fingerprint density at radius 3 is 2.23 bits per heavy atom. The third-order valence-electron chi connectivity index (χ3n) is 7.81. The van der Waals surface area contributed by atoms with Crippen LogP contribution >= 0.6 is 0 Å². The molecule has 0 unspecified atom stereocenters. The van der Waals surface area contributed by atoms with Crippen LogP contribution in [0.4, 0.5) is 17.3 Å². The second-order valence-corrected chi connectivity index (χ2v) is 16.2. The number of nitrogens with one attached hydrogen (secondary N) is 2. The van der Waals surface area contributed by atoms with Crippen molar-refractivity contribution in [1.29, 1.82) is 0 Å². The topological polar surface area (TPSA) is 129 Å². The summed E-state index contributed by atoms with van der Waals surface area (Å²) in [6, 6.07) is 9.65. The van der Waals surface area contributed by atoms with E-state index in [9.17, 15) is 21.6 Å². The maximum Gasteiger partial charge on any atom is 0.259 e. The van der Waals surface area contributed by atoms with Crippen LogP contribution in [0.25, 0.3) is 0 Å². The molecule has 3 heterocycles. The minimum absolute atomic E-state index is 0.0629. The number of anilines is 3. The summed E-state index contributed by atoms with van der Waals surface area (Å²) in [5, 5.41) is 2.44. The molecule has 2 aliphatic heterocycles. The fourth-order valence-corrected chi connectivity index (χ4v) is 7.57. The van der Waals surface area contributed by atoms with Gasteiger partial charge in [0.1, 0.15) is 11.6 Å². The number of aromatic nitrogens is 1. The molecule has 2 aromatic rings. The van der Waals surface area contributed by atoms with Gasteiger partial charge in [0.15, 0.2) is 9.84 Å². The van der Waals surface area contributed by atoms with Gasteiger partial charge in [0, 0.05) is 43.7 Å². The number of benzene rings is 1. The standard InChI is InChI=1S/C27H37N5O5S2/c1-26(2,3)30-39(36,37)20-7-5-6-19(16-20)28-25(33)22-8-9-23(32-17-21(18-32)38(4,34)35)29-24(22)31-14-12-27(10-11-27)13-15-31/h5-9,16,21,30H,10-15,17-18H2,1-4H3,(H,28,33). The number of sulfonamides is 1. The van der Waals surface area contributed by atoms with Gasteiger partial charge in [-0.3, -0.25) is 4.79 Å². The van der Waals surface area contributed by atoms with Gasteiger partial charge in [0.05, 0.1) is 15.7 Å². The monoisotopic (exact) mass is 575 g/mol. The number of amides is 1. The van der Waals surface area contributed by atoms with Crippen molar-refractivity contribution in [3.05, 3.63) is 42.0 Å². The number of hydrogen-bond donors (Lipinski definition) is 2. The predicted octanol–water partition coefficient (Wildman–Crippen LogP) is 3.02. The van der Waals surface area contributed by atoms with Crippen molar-refractivity contribution in [1.82, 2.24) is 9.71 Å². The maximum atomic E-state index is 13.5. The summed E-state index contributed by atoms with van der Waals surface area (Å²) in [5.74, 6) is 0.836. The van der Waals surface area contributed by atoms with Gasteiger partial charge >= 0.3 is 0 Å². The molecule has 1 amide bonds. The van der Waals surface area contributed by atoms with Crippen LogP contribution in [0.15, 0.2) is 41.3 Å². The Bertz CT molecular complexity index is 1480. The molecule has 0 atom stereocenters. The van der Waals surface area contributed by atoms with E-state index >= 15 is 0 Å². The fraction of sp³-hybridized carbons (Fsp3) is 0.556. The Balaban J connectivity index is 1.39. The molecule has 2 N–H and O–H groups in total. The summed E-state index contributed by atoms with van der Waals surface area (Å²) in [5.41, 5.74) is 0.558. The zero-order chi connectivity index (χ0) is 28.2. The normalized spacial score (nSPS) is 19.6. The van der Waals surface area contributed by atoms with Gasteiger partial charge in [-0.05, 0) is 82.2 Å². The Hall–Kier alpha value is -2.70. The van der Waals surface area contributed by atoms with Crippen LogP contribution in [0.1, 0.15) is 56.8 Å². The van der Waals surface area contributed by atoms with Crippen molar-refractivity contribution >= 4 is 43.1 Å². The van der Waals surface area contributed by atoms with E-state index in [2.05, 4.69) is 14.9 Å². The Kier molecular flexibility index (Phi) is 6.96. The zero-order valence-electron chi connectivity index (χ0n) is 22.9. The van der Waals surface area contributed by atoms with Gasteiger partial charge in [-0.1, -0.05) is 6.07 Å². The summed E-state index contributed by atoms with van der Waals surface area (Å²) in [4.78, 5) is 22.5. The first-order chi connectivity index (χ1) is 18.1. The van der Waals surface area contributed by atoms with Gasteiger partial charge < -0.3 is 15.1 Å². The van der Waals surface area contributed by atoms with Crippen LogP contribution in [0.2, 0.25) is 0 Å². The number of piperidine rings is 1. The molecule has 5 rings (SSSR count). The number of hydrogen-bond acceptors (Lipinski definition) is 8. The third-order valence-corrected chi connectivity index (χ3v) is 11.1. The highest BCUT2D eigenvalue weighted by molar-refractivity contribution is 7.91. The quantitative estimate of drug-likeness (QED) is 0.516. The van der Waals surface area contributed by atoms with Crippen LogP contribution in [-0.4, -0.2) is 71.0 Å². The smallest absolute Gasteiger partial charge is 0.259 e. The van der Waals surface area contributed by atoms with Gasteiger partial charge in [-0.25, -0.2) is 26.5 Å². The van der Waals surface area contributed by atoms with E-state index in [0.717, 1.165) is 25.9 Å². The number of pyridine rings is 1. The summed E-state index contributed by atoms with van der Waals surface area (Å²) < 4.78 is 52.0. The number of nitrogens with zero attached hydrogens (tertiary/aromatic N) is 3. The van der Waals surface area contributed by atoms with Crippen molar-refractivity contribution in [2.45, 2.75) is 62.1 Å². The van der Waals surface area contributed by atoms with Crippen molar-refractivity contribution in [3.63, 3.8) is 0 Å². The van der Waals surface area contributed by atoms with Crippen LogP contribution in [-0.2, 0) is 19.9 Å². The lowest BCUT2D eigenvalue weighted by atomic mass is 9.93. The molecule has 3 aliphatic rings. The van der Waals surface area contributed by atoms with E-state index in [4.69, 9.17) is 4.98 Å². The number of rotatable bonds is 7. The Morgan fingerprint density at radius 2 is 1.64 bits per heavy atom. The molecule has 0 bridgehead atoms. The minimum atomic E-state index is -3.77. The largest absolute Gasteiger partial charge is 0.356 e. The SMILES string of the molecule is CC(C)(C)NS(=O)(=O)c1cccc(NC(=O)c2ccc(N3CC(S(C)(=O)=O)C3)nc2N2CCC3(CC2)CC3)c1. The second-order valence-electron chi connectivity index (χ2n) is 12.2. The lowest BCUT2D eigenvalue weighted by Crippen LogP contribution is -2.55. The van der Waals surface area contributed by atoms with Crippen LogP contribution < -0.4 is 19.8 Å². The molecule has 0 radical (unpaired) electrons. The predicted molar refractivity (Wildman–Crippen MR) is 153 cm³/mol. The first kappa shape index (κ1) is 27.9. The van der Waals surface area contributed by atoms with E-state index in [0.29, 0.717) is 41.4 Å². The van der Waals surface area contributed by atoms with Crippen molar-refractivity contribution in [3.8, 4) is 0 Å². The minimum Gasteiger partial charge on any atom is -0.356 e. The summed E-state index contributed by atoms with van der Waals surface area (Å²) >= 11 is 0. The molecular weight excluding hydrogens is 538 g/mol. The average Bonchev–Trinajstić information content (AvgIpc) is 3.55. The molecule has 1 aromatic heterocycles. The van der Waals surface area contributed by atoms with Crippen molar-refractivity contribution in [2.24, 2.45) is 5.41 Å². The lowest BCUT2D eigenvalue weighted by Gasteiger charge is -2.40. The van der Waals surface area contributed by atoms with Crippen molar-refractivity contribution in [2.75, 3.05) is 47.6 Å². The highest BCUT2D eigenvalue weighted by atomic mass is 32.2. The van der Waals surface area contributed by atoms with Crippen LogP contribution in [0.3, 0.4) is 0 Å². The number of carbonyl (C=O) groups excluding carboxylic acids is 1. The Morgan fingerprint density at radius 1 is 0.974 bits per heavy atom. The van der Waals surface area contributed by atoms with Gasteiger partial charge in [0.2, 0.25) is 10.0 Å². The lowest BCUT2D eigenvalue weighted by molar-refractivity contribution is 0.102. The van der Waals surface area contributed by atoms with Gasteiger partial charge in [0.25, 0.3) is 5.91 Å². The summed E-state index contributed by atoms with van der Waals surface area (Å²) in [7, 11) is -6.88. The molecule has 12 heteroatoms. The van der Waals surface area contributed by atoms with Crippen LogP contribution in [0, 0.1) is 5.41 Å². The molecular formula is C27H37N5O5S2. The van der Waals surface area contributed by atoms with E-state index in [1.54, 1.807) is 45.0 Å². The van der Waals surface area contributed by atoms with E-state index in [1.807, 2.05) is 4.90 Å². The highest BCUT2D eigenvalue weighted by Gasteiger charge is 2.45. The van der Waals surface area contributed by atoms with E-state index in [-0.39, 0.29) is 10.8 Å². The van der Waals surface area contributed by atoms with E-state index in [1.165, 1.54) is 31.2 Å². The molecule has 1 saturated carbocycles. The first-order valence-electron chi connectivity index (χ1n) is 13.3. The molecule has 3 fully saturated rings. The molecule has 212 valence electrons. The average molecular weight is 576 g/mol. The molecule has 2 saturated heterocycles. The fourth-order valence-electron chi connectivity index (χ4n) is 5.20. The Labute approximate surface area is 231 Å². The second kappa shape index (κ2) is 9.74. The third kappa shape index (κ3) is 6.22. The summed E-state index contributed by atoms with van der Waals surface area (Å²) in [6.45, 7) is 7.65. The molecule has 1 aliphatic carbocycles. The maximum absolute atomic E-state index is 13.5. The zero-order valence-corrected chi connectivity index (χ0v) is 24.5. The van der Waals surface area contributed by atoms with Gasteiger partial charge in [-0.2, -0.15) is 0 Å². The van der Waals surface area contributed by atoms with Gasteiger partial charge in [-0.15, -0.1) is 0 Å². The molecule has 10 nitrogen and oxygen atoms in total. The first-order valence-corrected chi connectivity index (χ1v) is 16.7. The molecule has 39 heavy (non-hydrogen) atoms.